The zero-order chi connectivity index (χ0) is 8.39. The first-order valence-electron chi connectivity index (χ1n) is 5.20. The molecule has 12 heavy (non-hydrogen) atoms. The molecule has 1 saturated heterocycles. The molecule has 0 amide bonds. The maximum atomic E-state index is 3.60. The van der Waals surface area contributed by atoms with E-state index in [1.54, 1.807) is 0 Å². The Morgan fingerprint density at radius 2 is 2.08 bits per heavy atom. The molecule has 1 heterocycles. The summed E-state index contributed by atoms with van der Waals surface area (Å²) in [7, 11) is 0. The van der Waals surface area contributed by atoms with Crippen LogP contribution in [0.5, 0.6) is 0 Å². The van der Waals surface area contributed by atoms with E-state index < -0.39 is 0 Å². The smallest absolute Gasteiger partial charge is 0.0193 e. The van der Waals surface area contributed by atoms with Gasteiger partial charge in [-0.2, -0.15) is 0 Å². The van der Waals surface area contributed by atoms with Gasteiger partial charge in [0.25, 0.3) is 0 Å². The van der Waals surface area contributed by atoms with E-state index >= 15 is 0 Å². The van der Waals surface area contributed by atoms with Crippen LogP contribution in [-0.2, 0) is 0 Å². The van der Waals surface area contributed by atoms with Crippen molar-refractivity contribution in [2.24, 2.45) is 5.92 Å². The highest BCUT2D eigenvalue weighted by molar-refractivity contribution is 9.09. The largest absolute Gasteiger partial charge is 0.300 e. The molecule has 1 aliphatic carbocycles. The van der Waals surface area contributed by atoms with E-state index in [2.05, 4.69) is 20.8 Å². The third kappa shape index (κ3) is 2.23. The summed E-state index contributed by atoms with van der Waals surface area (Å²) >= 11 is 3.60. The van der Waals surface area contributed by atoms with Crippen molar-refractivity contribution in [2.75, 3.05) is 18.4 Å². The third-order valence-electron chi connectivity index (χ3n) is 3.20. The lowest BCUT2D eigenvalue weighted by Crippen LogP contribution is -2.31. The van der Waals surface area contributed by atoms with Gasteiger partial charge in [0, 0.05) is 11.4 Å². The van der Waals surface area contributed by atoms with Crippen LogP contribution >= 0.6 is 15.9 Å². The molecule has 2 rings (SSSR count). The van der Waals surface area contributed by atoms with E-state index in [4.69, 9.17) is 0 Å². The number of rotatable bonds is 4. The molecule has 1 saturated carbocycles. The van der Waals surface area contributed by atoms with Crippen molar-refractivity contribution in [3.05, 3.63) is 0 Å². The van der Waals surface area contributed by atoms with Crippen LogP contribution in [0.3, 0.4) is 0 Å². The summed E-state index contributed by atoms with van der Waals surface area (Å²) in [6, 6.07) is 0.851. The Morgan fingerprint density at radius 3 is 2.75 bits per heavy atom. The molecule has 2 aliphatic rings. The average molecular weight is 232 g/mol. The lowest BCUT2D eigenvalue weighted by molar-refractivity contribution is 0.265. The molecule has 0 spiro atoms. The molecule has 1 nitrogen and oxygen atoms in total. The van der Waals surface area contributed by atoms with Crippen LogP contribution < -0.4 is 0 Å². The van der Waals surface area contributed by atoms with Gasteiger partial charge in [-0.15, -0.1) is 0 Å². The molecule has 2 heteroatoms. The van der Waals surface area contributed by atoms with E-state index in [1.165, 1.54) is 50.5 Å². The summed E-state index contributed by atoms with van der Waals surface area (Å²) in [4.78, 5) is 2.67. The van der Waals surface area contributed by atoms with Gasteiger partial charge in [0.15, 0.2) is 0 Å². The first kappa shape index (κ1) is 9.01. The Labute approximate surface area is 83.6 Å². The predicted molar refractivity (Wildman–Crippen MR) is 55.7 cm³/mol. The first-order valence-corrected chi connectivity index (χ1v) is 6.32. The van der Waals surface area contributed by atoms with E-state index in [9.17, 15) is 0 Å². The molecule has 0 N–H and O–H groups in total. The summed E-state index contributed by atoms with van der Waals surface area (Å²) in [6.45, 7) is 2.71. The molecule has 1 aliphatic heterocycles. The summed E-state index contributed by atoms with van der Waals surface area (Å²) in [5, 5.41) is 1.18. The van der Waals surface area contributed by atoms with Gasteiger partial charge >= 0.3 is 0 Å². The fourth-order valence-electron chi connectivity index (χ4n) is 2.12. The van der Waals surface area contributed by atoms with Crippen LogP contribution in [0.2, 0.25) is 0 Å². The second-order valence-corrected chi connectivity index (χ2v) is 4.87. The predicted octanol–water partition coefficient (Wildman–Crippen LogP) is 2.65. The van der Waals surface area contributed by atoms with E-state index in [0.717, 1.165) is 12.0 Å². The highest BCUT2D eigenvalue weighted by Gasteiger charge is 2.26. The Hall–Kier alpha value is 0.440. The summed E-state index contributed by atoms with van der Waals surface area (Å²) in [5.74, 6) is 1.10. The maximum Gasteiger partial charge on any atom is 0.0193 e. The number of halogens is 1. The number of hydrogen-bond acceptors (Lipinski definition) is 1. The highest BCUT2D eigenvalue weighted by Crippen LogP contribution is 2.33. The minimum atomic E-state index is 0.851. The zero-order valence-electron chi connectivity index (χ0n) is 7.64. The Morgan fingerprint density at radius 1 is 1.25 bits per heavy atom. The first-order chi connectivity index (χ1) is 5.90. The lowest BCUT2D eigenvalue weighted by Gasteiger charge is -2.22. The number of hydrogen-bond donors (Lipinski definition) is 0. The van der Waals surface area contributed by atoms with Gasteiger partial charge in [0.05, 0.1) is 0 Å². The second kappa shape index (κ2) is 4.10. The van der Waals surface area contributed by atoms with E-state index in [-0.39, 0.29) is 0 Å². The van der Waals surface area contributed by atoms with Crippen molar-refractivity contribution >= 4 is 15.9 Å². The third-order valence-corrected chi connectivity index (χ3v) is 3.95. The summed E-state index contributed by atoms with van der Waals surface area (Å²) in [5.41, 5.74) is 0. The minimum Gasteiger partial charge on any atom is -0.300 e. The monoisotopic (exact) mass is 231 g/mol. The average Bonchev–Trinajstić information content (AvgIpc) is 2.81. The van der Waals surface area contributed by atoms with E-state index in [1.807, 2.05) is 0 Å². The SMILES string of the molecule is BrCC1CCCN1CCC1CC1. The highest BCUT2D eigenvalue weighted by atomic mass is 79.9. The molecule has 0 radical (unpaired) electrons. The van der Waals surface area contributed by atoms with Gasteiger partial charge in [-0.25, -0.2) is 0 Å². The fourth-order valence-corrected chi connectivity index (χ4v) is 2.85. The van der Waals surface area contributed by atoms with Crippen LogP contribution in [0.15, 0.2) is 0 Å². The Bertz CT molecular complexity index is 145. The van der Waals surface area contributed by atoms with Crippen LogP contribution in [-0.4, -0.2) is 29.4 Å². The molecule has 1 unspecified atom stereocenters. The van der Waals surface area contributed by atoms with Gasteiger partial charge in [-0.05, 0) is 38.3 Å². The Balaban J connectivity index is 1.69. The molecule has 2 fully saturated rings. The molecular formula is C10H18BrN. The standard InChI is InChI=1S/C10H18BrN/c11-8-10-2-1-6-12(10)7-5-9-3-4-9/h9-10H,1-8H2. The van der Waals surface area contributed by atoms with Crippen LogP contribution in [0.4, 0.5) is 0 Å². The van der Waals surface area contributed by atoms with Crippen molar-refractivity contribution in [2.45, 2.75) is 38.1 Å². The normalized spacial score (nSPS) is 31.2. The Kier molecular flexibility index (Phi) is 3.08. The number of alkyl halides is 1. The minimum absolute atomic E-state index is 0.851. The molecule has 0 bridgehead atoms. The quantitative estimate of drug-likeness (QED) is 0.673. The van der Waals surface area contributed by atoms with Crippen LogP contribution in [0, 0.1) is 5.92 Å². The summed E-state index contributed by atoms with van der Waals surface area (Å²) in [6.07, 6.45) is 7.31. The van der Waals surface area contributed by atoms with Crippen molar-refractivity contribution in [1.29, 1.82) is 0 Å². The van der Waals surface area contributed by atoms with Gasteiger partial charge in [0.1, 0.15) is 0 Å². The maximum absolute atomic E-state index is 3.60. The second-order valence-electron chi connectivity index (χ2n) is 4.22. The molecule has 0 aromatic carbocycles. The van der Waals surface area contributed by atoms with Gasteiger partial charge < -0.3 is 0 Å². The van der Waals surface area contributed by atoms with Gasteiger partial charge in [-0.3, -0.25) is 4.90 Å². The molecule has 70 valence electrons. The van der Waals surface area contributed by atoms with Crippen molar-refractivity contribution in [1.82, 2.24) is 4.90 Å². The van der Waals surface area contributed by atoms with Gasteiger partial charge in [-0.1, -0.05) is 28.8 Å². The lowest BCUT2D eigenvalue weighted by atomic mass is 10.2. The molecule has 0 aromatic heterocycles. The van der Waals surface area contributed by atoms with Crippen LogP contribution in [0.1, 0.15) is 32.1 Å². The molecule has 0 aromatic rings. The van der Waals surface area contributed by atoms with Crippen molar-refractivity contribution < 1.29 is 0 Å². The number of nitrogens with zero attached hydrogens (tertiary/aromatic N) is 1. The number of likely N-dealkylation sites (tertiary alicyclic amines) is 1. The zero-order valence-corrected chi connectivity index (χ0v) is 9.22. The van der Waals surface area contributed by atoms with Gasteiger partial charge in [0.2, 0.25) is 0 Å². The van der Waals surface area contributed by atoms with Crippen LogP contribution in [0.25, 0.3) is 0 Å². The molecule has 1 atom stereocenters. The van der Waals surface area contributed by atoms with E-state index in [0.29, 0.717) is 0 Å². The fraction of sp³-hybridized carbons (Fsp3) is 1.00. The van der Waals surface area contributed by atoms with Crippen molar-refractivity contribution in [3.63, 3.8) is 0 Å². The van der Waals surface area contributed by atoms with Crippen molar-refractivity contribution in [3.8, 4) is 0 Å². The molecular weight excluding hydrogens is 214 g/mol. The topological polar surface area (TPSA) is 3.24 Å². The summed E-state index contributed by atoms with van der Waals surface area (Å²) < 4.78 is 0.